The van der Waals surface area contributed by atoms with Gasteiger partial charge in [-0.15, -0.1) is 21.5 Å². The zero-order valence-electron chi connectivity index (χ0n) is 16.6. The van der Waals surface area contributed by atoms with Crippen LogP contribution in [-0.2, 0) is 18.6 Å². The fourth-order valence-corrected chi connectivity index (χ4v) is 6.49. The maximum Gasteiger partial charge on any atom is 0.196 e. The third kappa shape index (κ3) is 2.78. The standard InChI is InChI=1S/C22H20N6S2/c1-12-10-18-26-27-22(28(18)15-8-4-2-6-13(12)15)29-11-17-24-20(23)19-14-7-3-5-9-16(14)30-21(19)25-17/h2,4,6,8,10H,3,5,7,9,11H2,1H3,(H2,23,24,25). The molecule has 30 heavy (non-hydrogen) atoms. The summed E-state index contributed by atoms with van der Waals surface area (Å²) in [4.78, 5) is 11.9. The van der Waals surface area contributed by atoms with E-state index in [1.54, 1.807) is 23.1 Å². The molecule has 1 aliphatic carbocycles. The SMILES string of the molecule is Cc1cc2nnc(SCc3nc(N)c4c5c(sc4n3)CCCC5)n2c2ccccc12. The van der Waals surface area contributed by atoms with Crippen LogP contribution in [-0.4, -0.2) is 24.6 Å². The monoisotopic (exact) mass is 432 g/mol. The summed E-state index contributed by atoms with van der Waals surface area (Å²) in [5.41, 5.74) is 10.9. The maximum atomic E-state index is 6.37. The summed E-state index contributed by atoms with van der Waals surface area (Å²) in [6, 6.07) is 10.4. The number of aromatic nitrogens is 5. The lowest BCUT2D eigenvalue weighted by Crippen LogP contribution is -2.02. The van der Waals surface area contributed by atoms with Gasteiger partial charge in [-0.1, -0.05) is 30.0 Å². The van der Waals surface area contributed by atoms with Crippen molar-refractivity contribution in [3.05, 3.63) is 52.2 Å². The largest absolute Gasteiger partial charge is 0.383 e. The van der Waals surface area contributed by atoms with Crippen molar-refractivity contribution in [1.29, 1.82) is 0 Å². The minimum Gasteiger partial charge on any atom is -0.383 e. The molecule has 0 amide bonds. The van der Waals surface area contributed by atoms with Crippen LogP contribution in [0.15, 0.2) is 35.5 Å². The lowest BCUT2D eigenvalue weighted by molar-refractivity contribution is 0.700. The number of nitrogens with zero attached hydrogens (tertiary/aromatic N) is 5. The van der Waals surface area contributed by atoms with Gasteiger partial charge in [-0.05, 0) is 55.9 Å². The number of anilines is 1. The van der Waals surface area contributed by atoms with E-state index in [-0.39, 0.29) is 0 Å². The molecule has 0 atom stereocenters. The van der Waals surface area contributed by atoms with E-state index in [2.05, 4.69) is 50.8 Å². The van der Waals surface area contributed by atoms with Crippen LogP contribution < -0.4 is 5.73 Å². The Kier molecular flexibility index (Phi) is 4.17. The highest BCUT2D eigenvalue weighted by Crippen LogP contribution is 2.38. The van der Waals surface area contributed by atoms with Gasteiger partial charge in [-0.3, -0.25) is 4.40 Å². The topological polar surface area (TPSA) is 82.0 Å². The molecule has 1 aromatic carbocycles. The second-order valence-corrected chi connectivity index (χ2v) is 9.75. The number of nitrogens with two attached hydrogens (primary N) is 1. The van der Waals surface area contributed by atoms with Crippen LogP contribution in [0.5, 0.6) is 0 Å². The number of aryl methyl sites for hydroxylation is 3. The molecule has 6 rings (SSSR count). The number of pyridine rings is 1. The molecule has 0 radical (unpaired) electrons. The molecule has 0 spiro atoms. The van der Waals surface area contributed by atoms with Gasteiger partial charge in [0.1, 0.15) is 16.5 Å². The van der Waals surface area contributed by atoms with Crippen molar-refractivity contribution in [1.82, 2.24) is 24.6 Å². The molecule has 0 saturated heterocycles. The third-order valence-electron chi connectivity index (χ3n) is 5.79. The molecule has 1 aliphatic rings. The first-order valence-corrected chi connectivity index (χ1v) is 11.9. The van der Waals surface area contributed by atoms with Crippen LogP contribution >= 0.6 is 23.1 Å². The van der Waals surface area contributed by atoms with Crippen LogP contribution in [0, 0.1) is 6.92 Å². The average Bonchev–Trinajstić information content (AvgIpc) is 3.33. The Morgan fingerprint density at radius 1 is 1.13 bits per heavy atom. The number of para-hydroxylation sites is 1. The summed E-state index contributed by atoms with van der Waals surface area (Å²) in [5.74, 6) is 1.96. The molecule has 5 aromatic rings. The zero-order valence-corrected chi connectivity index (χ0v) is 18.2. The van der Waals surface area contributed by atoms with Gasteiger partial charge in [-0.2, -0.15) is 0 Å². The average molecular weight is 433 g/mol. The molecule has 0 unspecified atom stereocenters. The van der Waals surface area contributed by atoms with E-state index in [1.807, 2.05) is 6.07 Å². The molecule has 8 heteroatoms. The van der Waals surface area contributed by atoms with Crippen LogP contribution in [0.25, 0.3) is 26.8 Å². The molecule has 0 aliphatic heterocycles. The fourth-order valence-electron chi connectivity index (χ4n) is 4.39. The van der Waals surface area contributed by atoms with Crippen molar-refractivity contribution in [2.45, 2.75) is 43.5 Å². The Morgan fingerprint density at radius 3 is 2.93 bits per heavy atom. The van der Waals surface area contributed by atoms with Crippen LogP contribution in [0.2, 0.25) is 0 Å². The number of hydrogen-bond acceptors (Lipinski definition) is 7. The highest BCUT2D eigenvalue weighted by molar-refractivity contribution is 7.98. The third-order valence-corrected chi connectivity index (χ3v) is 7.90. The summed E-state index contributed by atoms with van der Waals surface area (Å²) in [6.45, 7) is 2.11. The number of thioether (sulfide) groups is 1. The van der Waals surface area contributed by atoms with Crippen LogP contribution in [0.3, 0.4) is 0 Å². The Balaban J connectivity index is 1.38. The zero-order chi connectivity index (χ0) is 20.2. The summed E-state index contributed by atoms with van der Waals surface area (Å²) in [7, 11) is 0. The lowest BCUT2D eigenvalue weighted by Gasteiger charge is -2.10. The van der Waals surface area contributed by atoms with Crippen molar-refractivity contribution in [2.75, 3.05) is 5.73 Å². The number of benzene rings is 1. The minimum atomic E-state index is 0.603. The van der Waals surface area contributed by atoms with Crippen molar-refractivity contribution in [3.63, 3.8) is 0 Å². The normalized spacial score (nSPS) is 14.0. The van der Waals surface area contributed by atoms with E-state index < -0.39 is 0 Å². The van der Waals surface area contributed by atoms with E-state index in [4.69, 9.17) is 10.7 Å². The Labute approximate surface area is 181 Å². The van der Waals surface area contributed by atoms with Crippen LogP contribution in [0.1, 0.15) is 34.7 Å². The predicted octanol–water partition coefficient (Wildman–Crippen LogP) is 4.95. The molecule has 0 bridgehead atoms. The number of fused-ring (bicyclic) bond motifs is 6. The van der Waals surface area contributed by atoms with Gasteiger partial charge >= 0.3 is 0 Å². The second kappa shape index (κ2) is 6.92. The highest BCUT2D eigenvalue weighted by Gasteiger charge is 2.20. The highest BCUT2D eigenvalue weighted by atomic mass is 32.2. The molecule has 150 valence electrons. The van der Waals surface area contributed by atoms with Gasteiger partial charge in [0.05, 0.1) is 16.7 Å². The van der Waals surface area contributed by atoms with Gasteiger partial charge in [0.15, 0.2) is 10.8 Å². The Bertz CT molecular complexity index is 1430. The van der Waals surface area contributed by atoms with Crippen molar-refractivity contribution in [3.8, 4) is 0 Å². The van der Waals surface area contributed by atoms with Gasteiger partial charge in [-0.25, -0.2) is 9.97 Å². The smallest absolute Gasteiger partial charge is 0.196 e. The Hall–Kier alpha value is -2.71. The molecule has 6 nitrogen and oxygen atoms in total. The van der Waals surface area contributed by atoms with E-state index in [1.165, 1.54) is 34.2 Å². The first-order valence-electron chi connectivity index (χ1n) is 10.1. The molecule has 2 N–H and O–H groups in total. The molecular formula is C22H20N6S2. The van der Waals surface area contributed by atoms with E-state index >= 15 is 0 Å². The molecule has 4 aromatic heterocycles. The van der Waals surface area contributed by atoms with Gasteiger partial charge in [0.25, 0.3) is 0 Å². The number of thiophene rings is 1. The van der Waals surface area contributed by atoms with E-state index in [0.29, 0.717) is 11.6 Å². The molecular weight excluding hydrogens is 412 g/mol. The predicted molar refractivity (Wildman–Crippen MR) is 123 cm³/mol. The lowest BCUT2D eigenvalue weighted by atomic mass is 9.97. The van der Waals surface area contributed by atoms with Crippen molar-refractivity contribution in [2.24, 2.45) is 0 Å². The summed E-state index contributed by atoms with van der Waals surface area (Å²) in [5, 5.41) is 11.9. The number of hydrogen-bond donors (Lipinski definition) is 1. The van der Waals surface area contributed by atoms with E-state index in [9.17, 15) is 0 Å². The van der Waals surface area contributed by atoms with Crippen molar-refractivity contribution < 1.29 is 0 Å². The number of rotatable bonds is 3. The first kappa shape index (κ1) is 18.1. The summed E-state index contributed by atoms with van der Waals surface area (Å²) in [6.07, 6.45) is 4.71. The molecule has 4 heterocycles. The maximum absolute atomic E-state index is 6.37. The fraction of sp³-hybridized carbons (Fsp3) is 0.273. The summed E-state index contributed by atoms with van der Waals surface area (Å²) < 4.78 is 2.11. The summed E-state index contributed by atoms with van der Waals surface area (Å²) >= 11 is 3.38. The molecule has 0 fully saturated rings. The minimum absolute atomic E-state index is 0.603. The van der Waals surface area contributed by atoms with Crippen LogP contribution in [0.4, 0.5) is 5.82 Å². The first-order chi connectivity index (χ1) is 14.7. The van der Waals surface area contributed by atoms with Gasteiger partial charge in [0, 0.05) is 10.3 Å². The Morgan fingerprint density at radius 2 is 2.00 bits per heavy atom. The quantitative estimate of drug-likeness (QED) is 0.406. The number of nitrogen functional groups attached to an aromatic ring is 1. The van der Waals surface area contributed by atoms with E-state index in [0.717, 1.165) is 45.2 Å². The van der Waals surface area contributed by atoms with Gasteiger partial charge < -0.3 is 5.73 Å². The van der Waals surface area contributed by atoms with Crippen molar-refractivity contribution >= 4 is 55.7 Å². The second-order valence-electron chi connectivity index (χ2n) is 7.73. The molecule has 0 saturated carbocycles. The van der Waals surface area contributed by atoms with Gasteiger partial charge in [0.2, 0.25) is 0 Å².